The molecule has 0 saturated heterocycles. The summed E-state index contributed by atoms with van der Waals surface area (Å²) in [5.41, 5.74) is 3.56. The van der Waals surface area contributed by atoms with Gasteiger partial charge in [0.05, 0.1) is 16.8 Å². The van der Waals surface area contributed by atoms with Crippen molar-refractivity contribution >= 4 is 21.0 Å². The number of nitrogens with one attached hydrogen (secondary N) is 1. The quantitative estimate of drug-likeness (QED) is 0.495. The normalized spacial score (nSPS) is 12.9. The smallest absolute Gasteiger partial charge is 0.336 e. The molecule has 4 aromatic rings. The van der Waals surface area contributed by atoms with Crippen molar-refractivity contribution in [3.05, 3.63) is 88.0 Å². The van der Waals surface area contributed by atoms with Crippen LogP contribution in [0.1, 0.15) is 29.8 Å². The molecule has 1 atom stereocenters. The molecule has 2 heterocycles. The summed E-state index contributed by atoms with van der Waals surface area (Å²) in [5.74, 6) is 0. The Morgan fingerprint density at radius 1 is 1.03 bits per heavy atom. The summed E-state index contributed by atoms with van der Waals surface area (Å²) in [4.78, 5) is 11.4. The monoisotopic (exact) mass is 423 g/mol. The lowest BCUT2D eigenvalue weighted by Crippen LogP contribution is -2.27. The Balaban J connectivity index is 1.61. The first kappa shape index (κ1) is 20.1. The molecule has 4 rings (SSSR count). The predicted molar refractivity (Wildman–Crippen MR) is 114 cm³/mol. The van der Waals surface area contributed by atoms with Crippen molar-refractivity contribution in [1.29, 1.82) is 0 Å². The second kappa shape index (κ2) is 7.55. The van der Waals surface area contributed by atoms with Crippen molar-refractivity contribution in [1.82, 2.24) is 14.5 Å². The molecule has 0 bridgehead atoms. The highest BCUT2D eigenvalue weighted by molar-refractivity contribution is 7.89. The third-order valence-corrected chi connectivity index (χ3v) is 6.56. The summed E-state index contributed by atoms with van der Waals surface area (Å²) < 4.78 is 35.4. The zero-order chi connectivity index (χ0) is 21.5. The number of benzene rings is 2. The molecule has 7 nitrogen and oxygen atoms in total. The van der Waals surface area contributed by atoms with Crippen molar-refractivity contribution in [2.75, 3.05) is 0 Å². The number of sulfonamides is 1. The molecule has 0 amide bonds. The molecule has 0 radical (unpaired) electrons. The van der Waals surface area contributed by atoms with Crippen molar-refractivity contribution in [2.24, 2.45) is 0 Å². The SMILES string of the molecule is Cc1ccc(-n2ncc([C@H](C)NS(=O)(=O)c3ccc4oc(=O)ccc4c3)c2C)cc1. The minimum Gasteiger partial charge on any atom is -0.423 e. The Morgan fingerprint density at radius 3 is 2.50 bits per heavy atom. The minimum absolute atomic E-state index is 0.0966. The number of fused-ring (bicyclic) bond motifs is 1. The number of aromatic nitrogens is 2. The van der Waals surface area contributed by atoms with Crippen LogP contribution in [-0.4, -0.2) is 18.2 Å². The zero-order valence-electron chi connectivity index (χ0n) is 16.8. The van der Waals surface area contributed by atoms with E-state index >= 15 is 0 Å². The van der Waals surface area contributed by atoms with Gasteiger partial charge in [-0.05, 0) is 57.2 Å². The van der Waals surface area contributed by atoms with E-state index in [1.54, 1.807) is 23.9 Å². The molecule has 154 valence electrons. The fraction of sp³-hybridized carbons (Fsp3) is 0.182. The Hall–Kier alpha value is -3.23. The maximum absolute atomic E-state index is 12.9. The van der Waals surface area contributed by atoms with Gasteiger partial charge in [0.15, 0.2) is 0 Å². The second-order valence-corrected chi connectivity index (χ2v) is 8.94. The van der Waals surface area contributed by atoms with Gasteiger partial charge < -0.3 is 4.42 Å². The van der Waals surface area contributed by atoms with E-state index in [1.165, 1.54) is 24.3 Å². The summed E-state index contributed by atoms with van der Waals surface area (Å²) in [6.45, 7) is 5.70. The summed E-state index contributed by atoms with van der Waals surface area (Å²) in [6, 6.07) is 14.7. The first-order valence-electron chi connectivity index (χ1n) is 9.42. The van der Waals surface area contributed by atoms with Crippen LogP contribution in [0.4, 0.5) is 0 Å². The van der Waals surface area contributed by atoms with Crippen LogP contribution < -0.4 is 10.3 Å². The van der Waals surface area contributed by atoms with Crippen molar-refractivity contribution in [3.8, 4) is 5.69 Å². The van der Waals surface area contributed by atoms with Gasteiger partial charge in [0.1, 0.15) is 5.58 Å². The van der Waals surface area contributed by atoms with Crippen molar-refractivity contribution in [2.45, 2.75) is 31.7 Å². The average molecular weight is 423 g/mol. The van der Waals surface area contributed by atoms with E-state index in [-0.39, 0.29) is 4.90 Å². The largest absolute Gasteiger partial charge is 0.423 e. The molecule has 0 fully saturated rings. The molecule has 1 N–H and O–H groups in total. The third kappa shape index (κ3) is 3.79. The van der Waals surface area contributed by atoms with Crippen LogP contribution in [0.25, 0.3) is 16.7 Å². The van der Waals surface area contributed by atoms with E-state index in [0.717, 1.165) is 22.5 Å². The Morgan fingerprint density at radius 2 is 1.77 bits per heavy atom. The van der Waals surface area contributed by atoms with Gasteiger partial charge in [-0.15, -0.1) is 0 Å². The first-order valence-corrected chi connectivity index (χ1v) is 10.9. The lowest BCUT2D eigenvalue weighted by molar-refractivity contribution is 0.559. The molecule has 0 saturated carbocycles. The van der Waals surface area contributed by atoms with Crippen LogP contribution in [0.3, 0.4) is 0 Å². The summed E-state index contributed by atoms with van der Waals surface area (Å²) in [6.07, 6.45) is 1.68. The van der Waals surface area contributed by atoms with E-state index < -0.39 is 21.7 Å². The van der Waals surface area contributed by atoms with Gasteiger partial charge in [-0.1, -0.05) is 17.7 Å². The van der Waals surface area contributed by atoms with Gasteiger partial charge in [0.25, 0.3) is 0 Å². The summed E-state index contributed by atoms with van der Waals surface area (Å²) in [5, 5.41) is 4.96. The van der Waals surface area contributed by atoms with Crippen LogP contribution in [0.5, 0.6) is 0 Å². The van der Waals surface area contributed by atoms with E-state index in [4.69, 9.17) is 4.42 Å². The Kier molecular flexibility index (Phi) is 5.05. The fourth-order valence-electron chi connectivity index (χ4n) is 3.38. The zero-order valence-corrected chi connectivity index (χ0v) is 17.6. The molecule has 0 spiro atoms. The number of aryl methyl sites for hydroxylation is 1. The number of hydrogen-bond acceptors (Lipinski definition) is 5. The van der Waals surface area contributed by atoms with Crippen molar-refractivity contribution in [3.63, 3.8) is 0 Å². The van der Waals surface area contributed by atoms with Crippen molar-refractivity contribution < 1.29 is 12.8 Å². The highest BCUT2D eigenvalue weighted by atomic mass is 32.2. The van der Waals surface area contributed by atoms with Crippen LogP contribution in [0.15, 0.2) is 74.9 Å². The van der Waals surface area contributed by atoms with Crippen LogP contribution >= 0.6 is 0 Å². The highest BCUT2D eigenvalue weighted by Crippen LogP contribution is 2.24. The molecule has 8 heteroatoms. The molecular weight excluding hydrogens is 402 g/mol. The average Bonchev–Trinajstić information content (AvgIpc) is 3.09. The molecule has 0 unspecified atom stereocenters. The van der Waals surface area contributed by atoms with Gasteiger partial charge in [-0.25, -0.2) is 22.6 Å². The molecule has 2 aromatic heterocycles. The summed E-state index contributed by atoms with van der Waals surface area (Å²) >= 11 is 0. The lowest BCUT2D eigenvalue weighted by atomic mass is 10.1. The molecular formula is C22H21N3O4S. The van der Waals surface area contributed by atoms with Gasteiger partial charge in [0, 0.05) is 28.8 Å². The van der Waals surface area contributed by atoms with Gasteiger partial charge in [-0.3, -0.25) is 0 Å². The van der Waals surface area contributed by atoms with Gasteiger partial charge in [0.2, 0.25) is 10.0 Å². The molecule has 0 aliphatic rings. The van der Waals surface area contributed by atoms with Gasteiger partial charge in [-0.2, -0.15) is 5.10 Å². The number of rotatable bonds is 5. The summed E-state index contributed by atoms with van der Waals surface area (Å²) in [7, 11) is -3.79. The second-order valence-electron chi connectivity index (χ2n) is 7.23. The Labute approximate surface area is 174 Å². The molecule has 0 aliphatic heterocycles. The van der Waals surface area contributed by atoms with E-state index in [0.29, 0.717) is 11.0 Å². The molecule has 30 heavy (non-hydrogen) atoms. The van der Waals surface area contributed by atoms with E-state index in [2.05, 4.69) is 9.82 Å². The molecule has 0 aliphatic carbocycles. The van der Waals surface area contributed by atoms with Crippen LogP contribution in [-0.2, 0) is 10.0 Å². The predicted octanol–water partition coefficient (Wildman–Crippen LogP) is 3.64. The molecule has 2 aromatic carbocycles. The van der Waals surface area contributed by atoms with E-state index in [1.807, 2.05) is 38.1 Å². The van der Waals surface area contributed by atoms with Gasteiger partial charge >= 0.3 is 5.63 Å². The highest BCUT2D eigenvalue weighted by Gasteiger charge is 2.22. The maximum Gasteiger partial charge on any atom is 0.336 e. The Bertz CT molecular complexity index is 1390. The minimum atomic E-state index is -3.79. The number of hydrogen-bond donors (Lipinski definition) is 1. The third-order valence-electron chi connectivity index (χ3n) is 5.03. The van der Waals surface area contributed by atoms with E-state index in [9.17, 15) is 13.2 Å². The first-order chi connectivity index (χ1) is 14.2. The number of nitrogens with zero attached hydrogens (tertiary/aromatic N) is 2. The van der Waals surface area contributed by atoms with Crippen LogP contribution in [0, 0.1) is 13.8 Å². The topological polar surface area (TPSA) is 94.2 Å². The standard InChI is InChI=1S/C22H21N3O4S/c1-14-4-7-18(8-5-14)25-16(3)20(13-23-25)15(2)24-30(27,28)19-9-10-21-17(12-19)6-11-22(26)29-21/h4-13,15,24H,1-3H3/t15-/m0/s1. The van der Waals surface area contributed by atoms with Crippen LogP contribution in [0.2, 0.25) is 0 Å². The fourth-order valence-corrected chi connectivity index (χ4v) is 4.63. The maximum atomic E-state index is 12.9. The lowest BCUT2D eigenvalue weighted by Gasteiger charge is -2.15.